The van der Waals surface area contributed by atoms with Crippen LogP contribution in [0.1, 0.15) is 29.6 Å². The Morgan fingerprint density at radius 3 is 2.76 bits per heavy atom. The van der Waals surface area contributed by atoms with Crippen molar-refractivity contribution >= 4 is 17.3 Å². The molecular weight excluding hydrogens is 274 g/mol. The number of nitro groups is 1. The molecule has 112 valence electrons. The van der Waals surface area contributed by atoms with Crippen molar-refractivity contribution in [3.05, 3.63) is 33.9 Å². The number of hydrogen-bond acceptors (Lipinski definition) is 5. The van der Waals surface area contributed by atoms with Gasteiger partial charge in [-0.25, -0.2) is 4.79 Å². The lowest BCUT2D eigenvalue weighted by Gasteiger charge is -2.16. The Morgan fingerprint density at radius 2 is 2.14 bits per heavy atom. The monoisotopic (exact) mass is 291 g/mol. The van der Waals surface area contributed by atoms with Crippen molar-refractivity contribution < 1.29 is 14.8 Å². The van der Waals surface area contributed by atoms with Gasteiger partial charge in [-0.3, -0.25) is 15.0 Å². The number of nitro benzene ring substituents is 1. The molecule has 1 atom stereocenters. The van der Waals surface area contributed by atoms with E-state index < -0.39 is 10.9 Å². The Labute approximate surface area is 121 Å². The largest absolute Gasteiger partial charge is 0.478 e. The summed E-state index contributed by atoms with van der Waals surface area (Å²) in [6.45, 7) is 1.91. The van der Waals surface area contributed by atoms with Crippen LogP contribution in [0.25, 0.3) is 0 Å². The second kappa shape index (κ2) is 5.33. The topological polar surface area (TPSA) is 95.7 Å². The van der Waals surface area contributed by atoms with Crippen LogP contribution in [-0.4, -0.2) is 46.1 Å². The molecule has 1 saturated heterocycles. The number of rotatable bonds is 5. The first kappa shape index (κ1) is 13.8. The average molecular weight is 291 g/mol. The van der Waals surface area contributed by atoms with Gasteiger partial charge in [0.25, 0.3) is 5.69 Å². The molecule has 1 aromatic carbocycles. The fourth-order valence-electron chi connectivity index (χ4n) is 2.83. The number of hydrogen-bond donors (Lipinski definition) is 2. The van der Waals surface area contributed by atoms with Gasteiger partial charge in [0.05, 0.1) is 10.5 Å². The summed E-state index contributed by atoms with van der Waals surface area (Å²) >= 11 is 0. The van der Waals surface area contributed by atoms with E-state index in [1.54, 1.807) is 0 Å². The van der Waals surface area contributed by atoms with Gasteiger partial charge in [-0.05, 0) is 31.4 Å². The minimum absolute atomic E-state index is 0.0710. The lowest BCUT2D eigenvalue weighted by atomic mass is 10.1. The van der Waals surface area contributed by atoms with E-state index in [0.29, 0.717) is 11.7 Å². The van der Waals surface area contributed by atoms with Gasteiger partial charge in [0, 0.05) is 31.2 Å². The van der Waals surface area contributed by atoms with Crippen molar-refractivity contribution in [2.24, 2.45) is 0 Å². The Bertz CT molecular complexity index is 586. The molecular formula is C14H17N3O4. The van der Waals surface area contributed by atoms with Crippen molar-refractivity contribution in [2.45, 2.75) is 31.3 Å². The molecule has 2 fully saturated rings. The van der Waals surface area contributed by atoms with Gasteiger partial charge >= 0.3 is 5.97 Å². The quantitative estimate of drug-likeness (QED) is 0.636. The van der Waals surface area contributed by atoms with Crippen LogP contribution in [0.4, 0.5) is 11.4 Å². The summed E-state index contributed by atoms with van der Waals surface area (Å²) in [7, 11) is 0. The lowest BCUT2D eigenvalue weighted by molar-refractivity contribution is -0.384. The summed E-state index contributed by atoms with van der Waals surface area (Å²) in [4.78, 5) is 23.9. The van der Waals surface area contributed by atoms with Crippen LogP contribution in [0.15, 0.2) is 18.2 Å². The molecule has 1 aliphatic heterocycles. The maximum atomic E-state index is 11.1. The SMILES string of the molecule is O=C(O)c1ccc(NC2CCN(C3CC3)C2)c([N+](=O)[O-])c1. The smallest absolute Gasteiger partial charge is 0.335 e. The third-order valence-corrected chi connectivity index (χ3v) is 4.08. The van der Waals surface area contributed by atoms with Crippen LogP contribution in [0.2, 0.25) is 0 Å². The van der Waals surface area contributed by atoms with Gasteiger partial charge < -0.3 is 10.4 Å². The van der Waals surface area contributed by atoms with Crippen molar-refractivity contribution in [3.63, 3.8) is 0 Å². The lowest BCUT2D eigenvalue weighted by Crippen LogP contribution is -2.27. The van der Waals surface area contributed by atoms with E-state index in [4.69, 9.17) is 5.11 Å². The van der Waals surface area contributed by atoms with E-state index in [1.807, 2.05) is 0 Å². The summed E-state index contributed by atoms with van der Waals surface area (Å²) in [5, 5.41) is 23.2. The van der Waals surface area contributed by atoms with E-state index in [-0.39, 0.29) is 17.3 Å². The Kier molecular flexibility index (Phi) is 3.50. The number of carboxylic acids is 1. The molecule has 7 heteroatoms. The highest BCUT2D eigenvalue weighted by Gasteiger charge is 2.34. The second-order valence-corrected chi connectivity index (χ2v) is 5.65. The number of carbonyl (C=O) groups is 1. The predicted molar refractivity (Wildman–Crippen MR) is 76.7 cm³/mol. The third kappa shape index (κ3) is 2.97. The van der Waals surface area contributed by atoms with Crippen molar-refractivity contribution in [1.29, 1.82) is 0 Å². The average Bonchev–Trinajstić information content (AvgIpc) is 3.19. The van der Waals surface area contributed by atoms with Crippen LogP contribution in [-0.2, 0) is 0 Å². The number of nitrogens with zero attached hydrogens (tertiary/aromatic N) is 2. The number of likely N-dealkylation sites (tertiary alicyclic amines) is 1. The molecule has 0 aromatic heterocycles. The van der Waals surface area contributed by atoms with Crippen LogP contribution in [0.5, 0.6) is 0 Å². The standard InChI is InChI=1S/C14H17N3O4/c18-14(19)9-1-4-12(13(7-9)17(20)21)15-10-5-6-16(8-10)11-2-3-11/h1,4,7,10-11,15H,2-3,5-6,8H2,(H,18,19). The molecule has 1 aliphatic carbocycles. The van der Waals surface area contributed by atoms with Crippen molar-refractivity contribution in [1.82, 2.24) is 4.90 Å². The Balaban J connectivity index is 1.75. The van der Waals surface area contributed by atoms with Crippen LogP contribution < -0.4 is 5.32 Å². The number of nitrogens with one attached hydrogen (secondary N) is 1. The van der Waals surface area contributed by atoms with Crippen LogP contribution >= 0.6 is 0 Å². The number of aromatic carboxylic acids is 1. The first-order chi connectivity index (χ1) is 10.0. The zero-order valence-corrected chi connectivity index (χ0v) is 11.5. The zero-order chi connectivity index (χ0) is 15.0. The number of benzene rings is 1. The molecule has 1 unspecified atom stereocenters. The molecule has 7 nitrogen and oxygen atoms in total. The minimum atomic E-state index is -1.16. The molecule has 3 rings (SSSR count). The molecule has 0 amide bonds. The van der Waals surface area contributed by atoms with Gasteiger partial charge in [-0.15, -0.1) is 0 Å². The third-order valence-electron chi connectivity index (χ3n) is 4.08. The maximum absolute atomic E-state index is 11.1. The number of carboxylic acid groups (broad SMARTS) is 1. The van der Waals surface area contributed by atoms with Crippen molar-refractivity contribution in [3.8, 4) is 0 Å². The second-order valence-electron chi connectivity index (χ2n) is 5.65. The molecule has 0 radical (unpaired) electrons. The molecule has 0 spiro atoms. The predicted octanol–water partition coefficient (Wildman–Crippen LogP) is 1.94. The van der Waals surface area contributed by atoms with Gasteiger partial charge in [0.1, 0.15) is 5.69 Å². The highest BCUT2D eigenvalue weighted by atomic mass is 16.6. The Hall–Kier alpha value is -2.15. The highest BCUT2D eigenvalue weighted by Crippen LogP contribution is 2.32. The molecule has 1 saturated carbocycles. The molecule has 21 heavy (non-hydrogen) atoms. The number of anilines is 1. The summed E-state index contributed by atoms with van der Waals surface area (Å²) in [5.74, 6) is -1.16. The summed E-state index contributed by atoms with van der Waals surface area (Å²) in [5.41, 5.74) is 0.144. The van der Waals surface area contributed by atoms with Gasteiger partial charge in [-0.2, -0.15) is 0 Å². The fraction of sp³-hybridized carbons (Fsp3) is 0.500. The van der Waals surface area contributed by atoms with E-state index in [0.717, 1.165) is 25.6 Å². The molecule has 0 bridgehead atoms. The van der Waals surface area contributed by atoms with Gasteiger partial charge in [0.15, 0.2) is 0 Å². The molecule has 2 N–H and O–H groups in total. The Morgan fingerprint density at radius 1 is 1.38 bits per heavy atom. The van der Waals surface area contributed by atoms with Gasteiger partial charge in [-0.1, -0.05) is 0 Å². The van der Waals surface area contributed by atoms with Crippen LogP contribution in [0, 0.1) is 10.1 Å². The van der Waals surface area contributed by atoms with E-state index in [2.05, 4.69) is 10.2 Å². The van der Waals surface area contributed by atoms with E-state index in [9.17, 15) is 14.9 Å². The first-order valence-electron chi connectivity index (χ1n) is 7.07. The normalized spacial score (nSPS) is 22.2. The fourth-order valence-corrected chi connectivity index (χ4v) is 2.83. The van der Waals surface area contributed by atoms with Crippen LogP contribution in [0.3, 0.4) is 0 Å². The zero-order valence-electron chi connectivity index (χ0n) is 11.5. The van der Waals surface area contributed by atoms with Crippen molar-refractivity contribution in [2.75, 3.05) is 18.4 Å². The van der Waals surface area contributed by atoms with Gasteiger partial charge in [0.2, 0.25) is 0 Å². The summed E-state index contributed by atoms with van der Waals surface area (Å²) in [6.07, 6.45) is 3.45. The molecule has 1 aromatic rings. The summed E-state index contributed by atoms with van der Waals surface area (Å²) in [6, 6.07) is 4.87. The highest BCUT2D eigenvalue weighted by molar-refractivity contribution is 5.89. The molecule has 2 aliphatic rings. The summed E-state index contributed by atoms with van der Waals surface area (Å²) < 4.78 is 0. The van der Waals surface area contributed by atoms with E-state index in [1.165, 1.54) is 25.0 Å². The minimum Gasteiger partial charge on any atom is -0.478 e. The van der Waals surface area contributed by atoms with E-state index >= 15 is 0 Å². The molecule has 1 heterocycles. The first-order valence-corrected chi connectivity index (χ1v) is 7.07. The maximum Gasteiger partial charge on any atom is 0.335 e.